The van der Waals surface area contributed by atoms with E-state index in [-0.39, 0.29) is 35.7 Å². The van der Waals surface area contributed by atoms with Crippen LogP contribution in [0.1, 0.15) is 76.2 Å². The minimum absolute atomic E-state index is 0.0298. The van der Waals surface area contributed by atoms with Crippen LogP contribution in [-0.4, -0.2) is 24.5 Å². The Morgan fingerprint density at radius 2 is 1.54 bits per heavy atom. The van der Waals surface area contributed by atoms with E-state index in [0.717, 1.165) is 51.4 Å². The van der Waals surface area contributed by atoms with Crippen LogP contribution in [0, 0.1) is 6.92 Å². The molecule has 2 aromatic heterocycles. The fourth-order valence-electron chi connectivity index (χ4n) is 4.73. The van der Waals surface area contributed by atoms with E-state index < -0.39 is 0 Å². The average molecular weight is 358 g/mol. The SMILES string of the molecule is CC(=O)Cn1c(C)nc2c1c(=O)n(C1CCCC1)c(=O)n2C1CCCC1. The second-order valence-corrected chi connectivity index (χ2v) is 7.82. The van der Waals surface area contributed by atoms with Gasteiger partial charge < -0.3 is 4.57 Å². The Balaban J connectivity index is 2.06. The molecule has 0 atom stereocenters. The molecule has 0 amide bonds. The molecule has 140 valence electrons. The van der Waals surface area contributed by atoms with Gasteiger partial charge in [0.1, 0.15) is 11.6 Å². The number of carbonyl (C=O) groups is 1. The molecule has 0 radical (unpaired) electrons. The largest absolute Gasteiger partial charge is 0.333 e. The molecule has 2 aromatic rings. The van der Waals surface area contributed by atoms with Gasteiger partial charge in [0.15, 0.2) is 11.2 Å². The molecule has 7 heteroatoms. The Hall–Kier alpha value is -2.18. The van der Waals surface area contributed by atoms with Crippen LogP contribution in [0.3, 0.4) is 0 Å². The first-order chi connectivity index (χ1) is 12.5. The van der Waals surface area contributed by atoms with E-state index in [1.165, 1.54) is 11.5 Å². The molecule has 0 bridgehead atoms. The van der Waals surface area contributed by atoms with Gasteiger partial charge in [-0.1, -0.05) is 25.7 Å². The van der Waals surface area contributed by atoms with E-state index >= 15 is 0 Å². The number of fused-ring (bicyclic) bond motifs is 1. The lowest BCUT2D eigenvalue weighted by molar-refractivity contribution is -0.117. The van der Waals surface area contributed by atoms with Gasteiger partial charge in [-0.05, 0) is 39.5 Å². The summed E-state index contributed by atoms with van der Waals surface area (Å²) < 4.78 is 4.91. The third-order valence-corrected chi connectivity index (χ3v) is 5.96. The number of nitrogens with zero attached hydrogens (tertiary/aromatic N) is 4. The van der Waals surface area contributed by atoms with Crippen LogP contribution < -0.4 is 11.2 Å². The second kappa shape index (κ2) is 6.52. The number of hydrogen-bond donors (Lipinski definition) is 0. The number of ketones is 1. The number of aromatic nitrogens is 4. The molecule has 0 aromatic carbocycles. The van der Waals surface area contributed by atoms with Crippen molar-refractivity contribution < 1.29 is 4.79 Å². The summed E-state index contributed by atoms with van der Waals surface area (Å²) in [6.45, 7) is 3.42. The molecule has 7 nitrogen and oxygen atoms in total. The summed E-state index contributed by atoms with van der Waals surface area (Å²) in [5, 5.41) is 0. The summed E-state index contributed by atoms with van der Waals surface area (Å²) in [5.41, 5.74) is 0.373. The Morgan fingerprint density at radius 1 is 1.00 bits per heavy atom. The topological polar surface area (TPSA) is 78.9 Å². The maximum absolute atomic E-state index is 13.3. The van der Waals surface area contributed by atoms with Crippen LogP contribution >= 0.6 is 0 Å². The highest BCUT2D eigenvalue weighted by Gasteiger charge is 2.30. The molecule has 0 saturated heterocycles. The van der Waals surface area contributed by atoms with Crippen molar-refractivity contribution in [3.05, 3.63) is 26.7 Å². The summed E-state index contributed by atoms with van der Waals surface area (Å²) in [7, 11) is 0. The minimum atomic E-state index is -0.284. The molecular formula is C19H26N4O3. The molecule has 2 aliphatic rings. The fourth-order valence-corrected chi connectivity index (χ4v) is 4.73. The summed E-state index contributed by atoms with van der Waals surface area (Å²) in [6, 6.07) is 0.0615. The number of carbonyl (C=O) groups excluding carboxylic acids is 1. The van der Waals surface area contributed by atoms with E-state index in [9.17, 15) is 14.4 Å². The predicted molar refractivity (Wildman–Crippen MR) is 98.7 cm³/mol. The van der Waals surface area contributed by atoms with Crippen LogP contribution in [0.15, 0.2) is 9.59 Å². The zero-order valence-electron chi connectivity index (χ0n) is 15.5. The van der Waals surface area contributed by atoms with Crippen molar-refractivity contribution in [1.82, 2.24) is 18.7 Å². The van der Waals surface area contributed by atoms with Crippen LogP contribution in [0.5, 0.6) is 0 Å². The molecule has 4 rings (SSSR count). The molecule has 26 heavy (non-hydrogen) atoms. The average Bonchev–Trinajstić information content (AvgIpc) is 3.30. The number of imidazole rings is 1. The Kier molecular flexibility index (Phi) is 4.32. The Bertz CT molecular complexity index is 969. The van der Waals surface area contributed by atoms with E-state index in [0.29, 0.717) is 17.0 Å². The molecule has 2 heterocycles. The number of hydrogen-bond acceptors (Lipinski definition) is 4. The van der Waals surface area contributed by atoms with E-state index in [4.69, 9.17) is 0 Å². The third kappa shape index (κ3) is 2.64. The van der Waals surface area contributed by atoms with Gasteiger partial charge in [0.2, 0.25) is 0 Å². The highest BCUT2D eigenvalue weighted by Crippen LogP contribution is 2.32. The van der Waals surface area contributed by atoms with Gasteiger partial charge in [0.25, 0.3) is 5.56 Å². The van der Waals surface area contributed by atoms with Gasteiger partial charge in [0, 0.05) is 12.1 Å². The maximum atomic E-state index is 13.3. The highest BCUT2D eigenvalue weighted by molar-refractivity contribution is 5.79. The first kappa shape index (κ1) is 17.2. The standard InChI is InChI=1S/C19H26N4O3/c1-12(24)11-21-13(2)20-17-16(21)18(25)23(15-9-5-6-10-15)19(26)22(17)14-7-3-4-8-14/h14-15H,3-11H2,1-2H3. The molecule has 0 unspecified atom stereocenters. The zero-order chi connectivity index (χ0) is 18.4. The molecule has 2 fully saturated rings. The van der Waals surface area contributed by atoms with Crippen molar-refractivity contribution >= 4 is 16.9 Å². The molecular weight excluding hydrogens is 332 g/mol. The Labute approximate surface area is 151 Å². The van der Waals surface area contributed by atoms with Gasteiger partial charge in [-0.3, -0.25) is 18.7 Å². The number of Topliss-reactive ketones (excluding diaryl/α,β-unsaturated/α-hetero) is 1. The molecule has 0 aliphatic heterocycles. The maximum Gasteiger partial charge on any atom is 0.333 e. The minimum Gasteiger partial charge on any atom is -0.315 e. The van der Waals surface area contributed by atoms with E-state index in [1.54, 1.807) is 16.1 Å². The van der Waals surface area contributed by atoms with Gasteiger partial charge in [-0.15, -0.1) is 0 Å². The van der Waals surface area contributed by atoms with Crippen molar-refractivity contribution in [3.8, 4) is 0 Å². The van der Waals surface area contributed by atoms with Gasteiger partial charge >= 0.3 is 5.69 Å². The first-order valence-corrected chi connectivity index (χ1v) is 9.72. The quantitative estimate of drug-likeness (QED) is 0.841. The molecule has 2 saturated carbocycles. The van der Waals surface area contributed by atoms with Crippen LogP contribution in [0.4, 0.5) is 0 Å². The van der Waals surface area contributed by atoms with Crippen molar-refractivity contribution in [2.75, 3.05) is 0 Å². The number of rotatable bonds is 4. The summed E-state index contributed by atoms with van der Waals surface area (Å²) in [4.78, 5) is 42.9. The monoisotopic (exact) mass is 358 g/mol. The predicted octanol–water partition coefficient (Wildman–Crippen LogP) is 2.49. The zero-order valence-corrected chi connectivity index (χ0v) is 15.5. The lowest BCUT2D eigenvalue weighted by Gasteiger charge is -2.20. The van der Waals surface area contributed by atoms with E-state index in [1.807, 2.05) is 0 Å². The van der Waals surface area contributed by atoms with Crippen LogP contribution in [0.25, 0.3) is 11.2 Å². The van der Waals surface area contributed by atoms with Crippen LogP contribution in [-0.2, 0) is 11.3 Å². The second-order valence-electron chi connectivity index (χ2n) is 7.82. The molecule has 0 N–H and O–H groups in total. The fraction of sp³-hybridized carbons (Fsp3) is 0.684. The van der Waals surface area contributed by atoms with Crippen LogP contribution in [0.2, 0.25) is 0 Å². The number of aryl methyl sites for hydroxylation is 1. The van der Waals surface area contributed by atoms with Crippen molar-refractivity contribution in [1.29, 1.82) is 0 Å². The van der Waals surface area contributed by atoms with Gasteiger partial charge in [-0.25, -0.2) is 9.78 Å². The molecule has 0 spiro atoms. The van der Waals surface area contributed by atoms with E-state index in [2.05, 4.69) is 4.98 Å². The summed E-state index contributed by atoms with van der Waals surface area (Å²) in [5.74, 6) is 0.584. The first-order valence-electron chi connectivity index (χ1n) is 9.72. The highest BCUT2D eigenvalue weighted by atomic mass is 16.2. The lowest BCUT2D eigenvalue weighted by Crippen LogP contribution is -2.43. The normalized spacial score (nSPS) is 19.0. The van der Waals surface area contributed by atoms with Crippen molar-refractivity contribution in [2.45, 2.75) is 83.8 Å². The molecule has 2 aliphatic carbocycles. The lowest BCUT2D eigenvalue weighted by atomic mass is 10.2. The van der Waals surface area contributed by atoms with Crippen molar-refractivity contribution in [2.24, 2.45) is 0 Å². The summed E-state index contributed by atoms with van der Waals surface area (Å²) in [6.07, 6.45) is 7.89. The Morgan fingerprint density at radius 3 is 2.08 bits per heavy atom. The third-order valence-electron chi connectivity index (χ3n) is 5.96. The smallest absolute Gasteiger partial charge is 0.315 e. The summed E-state index contributed by atoms with van der Waals surface area (Å²) >= 11 is 0. The van der Waals surface area contributed by atoms with Gasteiger partial charge in [-0.2, -0.15) is 0 Å². The van der Waals surface area contributed by atoms with Crippen molar-refractivity contribution in [3.63, 3.8) is 0 Å². The van der Waals surface area contributed by atoms with Gasteiger partial charge in [0.05, 0.1) is 6.54 Å².